The number of methoxy groups -OCH3 is 1. The predicted octanol–water partition coefficient (Wildman–Crippen LogP) is 2.35. The van der Waals surface area contributed by atoms with Gasteiger partial charge in [-0.05, 0) is 19.9 Å². The fourth-order valence-corrected chi connectivity index (χ4v) is 2.37. The van der Waals surface area contributed by atoms with Gasteiger partial charge in [0.2, 0.25) is 0 Å². The molecular formula is C12H18NO6P. The average Bonchev–Trinajstić information content (AvgIpc) is 2.47. The first-order chi connectivity index (χ1) is 9.65. The Hall–Kier alpha value is -1.27. The lowest BCUT2D eigenvalue weighted by atomic mass is 10.1. The Bertz CT molecular complexity index is 391. The molecule has 1 aliphatic rings. The zero-order valence-corrected chi connectivity index (χ0v) is 12.5. The Balaban J connectivity index is 2.73. The van der Waals surface area contributed by atoms with Crippen molar-refractivity contribution in [2.45, 2.75) is 20.0 Å². The first-order valence-electron chi connectivity index (χ1n) is 6.10. The summed E-state index contributed by atoms with van der Waals surface area (Å²) in [5, 5.41) is 0. The molecule has 1 aliphatic heterocycles. The summed E-state index contributed by atoms with van der Waals surface area (Å²) < 4.78 is 20.8. The van der Waals surface area contributed by atoms with Crippen molar-refractivity contribution in [1.82, 2.24) is 4.90 Å². The van der Waals surface area contributed by atoms with Crippen LogP contribution in [0.15, 0.2) is 24.0 Å². The molecule has 0 bridgehead atoms. The molecule has 0 radical (unpaired) electrons. The lowest BCUT2D eigenvalue weighted by Gasteiger charge is -2.25. The lowest BCUT2D eigenvalue weighted by molar-refractivity contribution is -0.105. The molecule has 0 aromatic heterocycles. The van der Waals surface area contributed by atoms with Gasteiger partial charge in [-0.15, -0.1) is 0 Å². The first-order valence-corrected chi connectivity index (χ1v) is 7.20. The van der Waals surface area contributed by atoms with E-state index in [4.69, 9.17) is 13.6 Å². The molecule has 0 saturated heterocycles. The van der Waals surface area contributed by atoms with E-state index in [9.17, 15) is 9.59 Å². The standard InChI is InChI=1S/C12H18NO6P/c1-4-17-20(18-5-2)19-11-6-7-13(12(15)16-3)8-10(11)9-14/h6-9,11H,4-5H2,1-3H3/t11-/m1/s1. The Morgan fingerprint density at radius 2 is 2.05 bits per heavy atom. The van der Waals surface area contributed by atoms with Crippen LogP contribution in [0.2, 0.25) is 0 Å². The molecule has 0 unspecified atom stereocenters. The van der Waals surface area contributed by atoms with E-state index in [1.54, 1.807) is 6.08 Å². The molecule has 1 atom stereocenters. The second-order valence-electron chi connectivity index (χ2n) is 3.55. The Kier molecular flexibility index (Phi) is 7.40. The number of nitrogens with zero attached hydrogens (tertiary/aromatic N) is 1. The molecule has 0 spiro atoms. The van der Waals surface area contributed by atoms with Gasteiger partial charge in [-0.25, -0.2) is 4.79 Å². The summed E-state index contributed by atoms with van der Waals surface area (Å²) in [6.07, 6.45) is 3.81. The molecular weight excluding hydrogens is 285 g/mol. The minimum atomic E-state index is -1.53. The molecule has 0 saturated carbocycles. The minimum Gasteiger partial charge on any atom is -0.452 e. The monoisotopic (exact) mass is 303 g/mol. The van der Waals surface area contributed by atoms with Crippen molar-refractivity contribution in [2.24, 2.45) is 0 Å². The number of rotatable bonds is 7. The summed E-state index contributed by atoms with van der Waals surface area (Å²) in [5.41, 5.74) is 0.282. The quantitative estimate of drug-likeness (QED) is 0.531. The maximum absolute atomic E-state index is 11.4. The number of carbonyl (C=O) groups excluding carboxylic acids is 2. The van der Waals surface area contributed by atoms with Gasteiger partial charge >= 0.3 is 14.7 Å². The Morgan fingerprint density at radius 3 is 2.55 bits per heavy atom. The van der Waals surface area contributed by atoms with Gasteiger partial charge in [0.15, 0.2) is 0 Å². The summed E-state index contributed by atoms with van der Waals surface area (Å²) in [5.74, 6) is 0. The van der Waals surface area contributed by atoms with Gasteiger partial charge in [0, 0.05) is 18.0 Å². The zero-order valence-electron chi connectivity index (χ0n) is 11.6. The number of aldehydes is 1. The largest absolute Gasteiger partial charge is 0.452 e. The van der Waals surface area contributed by atoms with E-state index in [0.717, 1.165) is 4.90 Å². The molecule has 20 heavy (non-hydrogen) atoms. The number of carbonyl (C=O) groups is 2. The van der Waals surface area contributed by atoms with Gasteiger partial charge in [0.05, 0.1) is 20.3 Å². The van der Waals surface area contributed by atoms with Gasteiger partial charge in [-0.2, -0.15) is 0 Å². The van der Waals surface area contributed by atoms with Crippen molar-refractivity contribution >= 4 is 21.0 Å². The van der Waals surface area contributed by atoms with Crippen molar-refractivity contribution in [3.05, 3.63) is 24.0 Å². The third-order valence-corrected chi connectivity index (χ3v) is 3.57. The molecule has 7 nitrogen and oxygen atoms in total. The van der Waals surface area contributed by atoms with Crippen LogP contribution in [0.5, 0.6) is 0 Å². The minimum absolute atomic E-state index is 0.282. The summed E-state index contributed by atoms with van der Waals surface area (Å²) in [6, 6.07) is 0. The van der Waals surface area contributed by atoms with Crippen molar-refractivity contribution in [3.63, 3.8) is 0 Å². The van der Waals surface area contributed by atoms with Crippen LogP contribution in [0.1, 0.15) is 13.8 Å². The number of hydrogen-bond donors (Lipinski definition) is 0. The van der Waals surface area contributed by atoms with Crippen LogP contribution in [-0.4, -0.2) is 43.7 Å². The van der Waals surface area contributed by atoms with E-state index in [1.807, 2.05) is 13.8 Å². The van der Waals surface area contributed by atoms with Gasteiger partial charge in [-0.1, -0.05) is 0 Å². The highest BCUT2D eigenvalue weighted by Crippen LogP contribution is 2.42. The van der Waals surface area contributed by atoms with Crippen LogP contribution in [0, 0.1) is 0 Å². The molecule has 0 fully saturated rings. The molecule has 0 aromatic rings. The second kappa shape index (κ2) is 8.81. The van der Waals surface area contributed by atoms with Crippen molar-refractivity contribution in [1.29, 1.82) is 0 Å². The first kappa shape index (κ1) is 16.8. The fraction of sp³-hybridized carbons (Fsp3) is 0.500. The van der Waals surface area contributed by atoms with Gasteiger partial charge in [-0.3, -0.25) is 14.2 Å². The maximum Gasteiger partial charge on any atom is 0.417 e. The van der Waals surface area contributed by atoms with E-state index in [-0.39, 0.29) is 5.57 Å². The third-order valence-electron chi connectivity index (χ3n) is 2.23. The van der Waals surface area contributed by atoms with E-state index in [0.29, 0.717) is 19.5 Å². The van der Waals surface area contributed by atoms with Crippen molar-refractivity contribution < 1.29 is 27.9 Å². The number of amides is 1. The number of ether oxygens (including phenoxy) is 1. The summed E-state index contributed by atoms with van der Waals surface area (Å²) in [6.45, 7) is 4.53. The summed E-state index contributed by atoms with van der Waals surface area (Å²) in [4.78, 5) is 23.6. The highest BCUT2D eigenvalue weighted by atomic mass is 31.2. The summed E-state index contributed by atoms with van der Waals surface area (Å²) in [7, 11) is -0.274. The van der Waals surface area contributed by atoms with E-state index in [1.165, 1.54) is 19.5 Å². The Labute approximate surface area is 119 Å². The van der Waals surface area contributed by atoms with Crippen molar-refractivity contribution in [2.75, 3.05) is 20.3 Å². The topological polar surface area (TPSA) is 74.3 Å². The molecule has 1 amide bonds. The zero-order chi connectivity index (χ0) is 15.0. The highest BCUT2D eigenvalue weighted by Gasteiger charge is 2.25. The third kappa shape index (κ3) is 4.68. The van der Waals surface area contributed by atoms with E-state index in [2.05, 4.69) is 4.74 Å². The van der Waals surface area contributed by atoms with Crippen LogP contribution < -0.4 is 0 Å². The van der Waals surface area contributed by atoms with E-state index < -0.39 is 20.8 Å². The van der Waals surface area contributed by atoms with Crippen LogP contribution in [0.4, 0.5) is 4.79 Å². The highest BCUT2D eigenvalue weighted by molar-refractivity contribution is 7.41. The Morgan fingerprint density at radius 1 is 1.40 bits per heavy atom. The molecule has 0 aliphatic carbocycles. The fourth-order valence-electron chi connectivity index (χ4n) is 1.37. The molecule has 8 heteroatoms. The molecule has 0 aromatic carbocycles. The molecule has 0 N–H and O–H groups in total. The predicted molar refractivity (Wildman–Crippen MR) is 72.6 cm³/mol. The van der Waals surface area contributed by atoms with E-state index >= 15 is 0 Å². The smallest absolute Gasteiger partial charge is 0.417 e. The van der Waals surface area contributed by atoms with Crippen LogP contribution >= 0.6 is 8.60 Å². The van der Waals surface area contributed by atoms with Gasteiger partial charge in [0.25, 0.3) is 0 Å². The molecule has 1 heterocycles. The van der Waals surface area contributed by atoms with Gasteiger partial charge < -0.3 is 13.8 Å². The average molecular weight is 303 g/mol. The van der Waals surface area contributed by atoms with Crippen LogP contribution in [0.3, 0.4) is 0 Å². The SMILES string of the molecule is CCOP(OCC)O[C@@H]1C=CN(C(=O)OC)C=C1C=O. The normalized spacial score (nSPS) is 18.1. The molecule has 112 valence electrons. The maximum atomic E-state index is 11.4. The number of hydrogen-bond acceptors (Lipinski definition) is 6. The van der Waals surface area contributed by atoms with Crippen molar-refractivity contribution in [3.8, 4) is 0 Å². The van der Waals surface area contributed by atoms with Crippen LogP contribution in [0.25, 0.3) is 0 Å². The summed E-state index contributed by atoms with van der Waals surface area (Å²) >= 11 is 0. The van der Waals surface area contributed by atoms with Crippen LogP contribution in [-0.2, 0) is 23.1 Å². The lowest BCUT2D eigenvalue weighted by Crippen LogP contribution is -2.27. The second-order valence-corrected chi connectivity index (χ2v) is 4.73. The van der Waals surface area contributed by atoms with Gasteiger partial charge in [0.1, 0.15) is 12.4 Å². The molecule has 1 rings (SSSR count).